The number of hydrogen-bond acceptors (Lipinski definition) is 5. The quantitative estimate of drug-likeness (QED) is 0.777. The Morgan fingerprint density at radius 2 is 1.72 bits per heavy atom. The SMILES string of the molecule is COc1ccc(OC)c(NC(=O)c2ccc(C)c(S(=O)(=O)N3CCCCC3)c2)c1. The van der Waals surface area contributed by atoms with Crippen molar-refractivity contribution >= 4 is 21.6 Å². The largest absolute Gasteiger partial charge is 0.497 e. The van der Waals surface area contributed by atoms with E-state index in [0.29, 0.717) is 35.8 Å². The van der Waals surface area contributed by atoms with Crippen LogP contribution in [0, 0.1) is 6.92 Å². The van der Waals surface area contributed by atoms with Crippen LogP contribution in [0.2, 0.25) is 0 Å². The molecular formula is C21H26N2O5S. The Labute approximate surface area is 171 Å². The lowest BCUT2D eigenvalue weighted by Gasteiger charge is -2.26. The van der Waals surface area contributed by atoms with Crippen molar-refractivity contribution in [3.05, 3.63) is 47.5 Å². The molecule has 1 N–H and O–H groups in total. The molecule has 1 fully saturated rings. The van der Waals surface area contributed by atoms with Gasteiger partial charge >= 0.3 is 0 Å². The fourth-order valence-electron chi connectivity index (χ4n) is 3.37. The lowest BCUT2D eigenvalue weighted by molar-refractivity contribution is 0.102. The Morgan fingerprint density at radius 3 is 2.38 bits per heavy atom. The molecule has 1 amide bonds. The molecule has 2 aromatic rings. The zero-order valence-electron chi connectivity index (χ0n) is 16.9. The first-order valence-electron chi connectivity index (χ1n) is 9.51. The molecule has 1 aliphatic heterocycles. The topological polar surface area (TPSA) is 84.9 Å². The van der Waals surface area contributed by atoms with Crippen LogP contribution in [0.25, 0.3) is 0 Å². The van der Waals surface area contributed by atoms with Crippen LogP contribution in [0.15, 0.2) is 41.3 Å². The number of hydrogen-bond donors (Lipinski definition) is 1. The smallest absolute Gasteiger partial charge is 0.255 e. The average molecular weight is 419 g/mol. The van der Waals surface area contributed by atoms with Gasteiger partial charge in [-0.15, -0.1) is 0 Å². The minimum Gasteiger partial charge on any atom is -0.497 e. The fourth-order valence-corrected chi connectivity index (χ4v) is 5.14. The molecule has 1 heterocycles. The van der Waals surface area contributed by atoms with Gasteiger partial charge in [0.15, 0.2) is 0 Å². The summed E-state index contributed by atoms with van der Waals surface area (Å²) in [5.41, 5.74) is 1.32. The van der Waals surface area contributed by atoms with Gasteiger partial charge in [-0.3, -0.25) is 4.79 Å². The monoisotopic (exact) mass is 418 g/mol. The minimum absolute atomic E-state index is 0.171. The van der Waals surface area contributed by atoms with Crippen LogP contribution in [0.3, 0.4) is 0 Å². The van der Waals surface area contributed by atoms with Gasteiger partial charge in [-0.25, -0.2) is 8.42 Å². The molecule has 1 saturated heterocycles. The maximum Gasteiger partial charge on any atom is 0.255 e. The number of ether oxygens (including phenoxy) is 2. The lowest BCUT2D eigenvalue weighted by atomic mass is 10.1. The standard InChI is InChI=1S/C21H26N2O5S/c1-15-7-8-16(13-20(15)29(25,26)23-11-5-4-6-12-23)21(24)22-18-14-17(27-2)9-10-19(18)28-3/h7-10,13-14H,4-6,11-12H2,1-3H3,(H,22,24). The second kappa shape index (κ2) is 8.84. The van der Waals surface area contributed by atoms with Gasteiger partial charge in [-0.1, -0.05) is 12.5 Å². The van der Waals surface area contributed by atoms with Gasteiger partial charge in [-0.2, -0.15) is 4.31 Å². The summed E-state index contributed by atoms with van der Waals surface area (Å²) in [6.07, 6.45) is 2.75. The van der Waals surface area contributed by atoms with Gasteiger partial charge in [0.05, 0.1) is 24.8 Å². The molecule has 0 radical (unpaired) electrons. The predicted molar refractivity (Wildman–Crippen MR) is 111 cm³/mol. The molecule has 0 saturated carbocycles. The summed E-state index contributed by atoms with van der Waals surface area (Å²) in [6.45, 7) is 2.77. The second-order valence-corrected chi connectivity index (χ2v) is 8.87. The van der Waals surface area contributed by atoms with Crippen molar-refractivity contribution < 1.29 is 22.7 Å². The van der Waals surface area contributed by atoms with E-state index in [1.54, 1.807) is 37.3 Å². The Kier molecular flexibility index (Phi) is 6.44. The lowest BCUT2D eigenvalue weighted by Crippen LogP contribution is -2.36. The van der Waals surface area contributed by atoms with Crippen molar-refractivity contribution in [3.8, 4) is 11.5 Å². The maximum absolute atomic E-state index is 13.1. The number of carbonyl (C=O) groups excluding carboxylic acids is 1. The number of anilines is 1. The summed E-state index contributed by atoms with van der Waals surface area (Å²) in [5.74, 6) is 0.623. The summed E-state index contributed by atoms with van der Waals surface area (Å²) < 4.78 is 38.2. The summed E-state index contributed by atoms with van der Waals surface area (Å²) in [7, 11) is -0.597. The van der Waals surface area contributed by atoms with E-state index < -0.39 is 15.9 Å². The van der Waals surface area contributed by atoms with Gasteiger partial charge in [0.2, 0.25) is 10.0 Å². The van der Waals surface area contributed by atoms with E-state index in [9.17, 15) is 13.2 Å². The Balaban J connectivity index is 1.90. The van der Waals surface area contributed by atoms with Crippen LogP contribution in [-0.4, -0.2) is 45.9 Å². The molecule has 29 heavy (non-hydrogen) atoms. The highest BCUT2D eigenvalue weighted by Gasteiger charge is 2.28. The Bertz CT molecular complexity index is 998. The predicted octanol–water partition coefficient (Wildman–Crippen LogP) is 3.44. The summed E-state index contributed by atoms with van der Waals surface area (Å²) >= 11 is 0. The summed E-state index contributed by atoms with van der Waals surface area (Å²) in [5, 5.41) is 2.78. The number of amides is 1. The first-order chi connectivity index (χ1) is 13.9. The van der Waals surface area contributed by atoms with Crippen LogP contribution in [-0.2, 0) is 10.0 Å². The van der Waals surface area contributed by atoms with Gasteiger partial charge in [-0.05, 0) is 49.6 Å². The fraction of sp³-hybridized carbons (Fsp3) is 0.381. The average Bonchev–Trinajstić information content (AvgIpc) is 2.74. The maximum atomic E-state index is 13.1. The highest BCUT2D eigenvalue weighted by Crippen LogP contribution is 2.30. The molecule has 8 heteroatoms. The zero-order chi connectivity index (χ0) is 21.0. The van der Waals surface area contributed by atoms with Crippen LogP contribution in [0.1, 0.15) is 35.2 Å². The molecule has 0 atom stereocenters. The van der Waals surface area contributed by atoms with Crippen LogP contribution >= 0.6 is 0 Å². The Morgan fingerprint density at radius 1 is 1.00 bits per heavy atom. The normalized spacial score (nSPS) is 15.0. The molecule has 0 spiro atoms. The van der Waals surface area contributed by atoms with E-state index in [1.165, 1.54) is 24.6 Å². The number of rotatable bonds is 6. The number of benzene rings is 2. The van der Waals surface area contributed by atoms with Crippen molar-refractivity contribution in [1.29, 1.82) is 0 Å². The van der Waals surface area contributed by atoms with E-state index in [1.807, 2.05) is 0 Å². The van der Waals surface area contributed by atoms with Crippen LogP contribution < -0.4 is 14.8 Å². The number of aryl methyl sites for hydroxylation is 1. The highest BCUT2D eigenvalue weighted by atomic mass is 32.2. The highest BCUT2D eigenvalue weighted by molar-refractivity contribution is 7.89. The number of sulfonamides is 1. The molecule has 2 aromatic carbocycles. The summed E-state index contributed by atoms with van der Waals surface area (Å²) in [4.78, 5) is 13.0. The molecule has 7 nitrogen and oxygen atoms in total. The van der Waals surface area contributed by atoms with Gasteiger partial charge in [0.1, 0.15) is 11.5 Å². The first-order valence-corrected chi connectivity index (χ1v) is 10.9. The number of methoxy groups -OCH3 is 2. The van der Waals surface area contributed by atoms with E-state index in [0.717, 1.165) is 19.3 Å². The zero-order valence-corrected chi connectivity index (χ0v) is 17.7. The van der Waals surface area contributed by atoms with E-state index in [4.69, 9.17) is 9.47 Å². The van der Waals surface area contributed by atoms with Crippen molar-refractivity contribution in [2.45, 2.75) is 31.1 Å². The molecule has 156 valence electrons. The molecule has 0 unspecified atom stereocenters. The van der Waals surface area contributed by atoms with Crippen LogP contribution in [0.5, 0.6) is 11.5 Å². The number of nitrogens with zero attached hydrogens (tertiary/aromatic N) is 1. The van der Waals surface area contributed by atoms with E-state index >= 15 is 0 Å². The summed E-state index contributed by atoms with van der Waals surface area (Å²) in [6, 6.07) is 9.79. The molecule has 0 aromatic heterocycles. The van der Waals surface area contributed by atoms with Gasteiger partial charge in [0.25, 0.3) is 5.91 Å². The van der Waals surface area contributed by atoms with Gasteiger partial charge in [0, 0.05) is 24.7 Å². The van der Waals surface area contributed by atoms with E-state index in [2.05, 4.69) is 5.32 Å². The molecule has 3 rings (SSSR count). The molecule has 0 bridgehead atoms. The second-order valence-electron chi connectivity index (χ2n) is 6.97. The van der Waals surface area contributed by atoms with Crippen molar-refractivity contribution in [2.75, 3.05) is 32.6 Å². The third kappa shape index (κ3) is 4.54. The Hall–Kier alpha value is -2.58. The molecule has 1 aliphatic rings. The van der Waals surface area contributed by atoms with Crippen molar-refractivity contribution in [2.24, 2.45) is 0 Å². The number of piperidine rings is 1. The number of carbonyl (C=O) groups is 1. The number of nitrogens with one attached hydrogen (secondary N) is 1. The van der Waals surface area contributed by atoms with Crippen LogP contribution in [0.4, 0.5) is 5.69 Å². The minimum atomic E-state index is -3.64. The van der Waals surface area contributed by atoms with Gasteiger partial charge < -0.3 is 14.8 Å². The van der Waals surface area contributed by atoms with Crippen molar-refractivity contribution in [3.63, 3.8) is 0 Å². The molecule has 0 aliphatic carbocycles. The third-order valence-corrected chi connectivity index (χ3v) is 7.08. The van der Waals surface area contributed by atoms with E-state index in [-0.39, 0.29) is 10.5 Å². The molecular weight excluding hydrogens is 392 g/mol. The third-order valence-electron chi connectivity index (χ3n) is 5.04. The van der Waals surface area contributed by atoms with Crippen molar-refractivity contribution in [1.82, 2.24) is 4.31 Å². The first kappa shape index (κ1) is 21.1.